The maximum absolute atomic E-state index is 12.4. The van der Waals surface area contributed by atoms with Gasteiger partial charge < -0.3 is 5.73 Å². The summed E-state index contributed by atoms with van der Waals surface area (Å²) < 4.78 is 1.53. The van der Waals surface area contributed by atoms with Crippen molar-refractivity contribution in [3.63, 3.8) is 0 Å². The highest BCUT2D eigenvalue weighted by Crippen LogP contribution is 2.22. The first-order valence-electron chi connectivity index (χ1n) is 10.4. The van der Waals surface area contributed by atoms with Crippen molar-refractivity contribution in [3.8, 4) is 11.8 Å². The fourth-order valence-corrected chi connectivity index (χ4v) is 3.51. The minimum atomic E-state index is -0.206. The smallest absolute Gasteiger partial charge is 0.261 e. The van der Waals surface area contributed by atoms with Crippen LogP contribution in [0.15, 0.2) is 59.8 Å². The van der Waals surface area contributed by atoms with Gasteiger partial charge in [-0.3, -0.25) is 14.5 Å². The van der Waals surface area contributed by atoms with E-state index in [1.54, 1.807) is 36.7 Å². The second-order valence-electron chi connectivity index (χ2n) is 7.52. The van der Waals surface area contributed by atoms with E-state index < -0.39 is 0 Å². The lowest BCUT2D eigenvalue weighted by Gasteiger charge is -2.12. The quantitative estimate of drug-likeness (QED) is 0.283. The topological polar surface area (TPSA) is 93.6 Å². The van der Waals surface area contributed by atoms with Gasteiger partial charge in [-0.25, -0.2) is 9.66 Å². The van der Waals surface area contributed by atoms with Crippen molar-refractivity contribution in [1.82, 2.24) is 14.6 Å². The Kier molecular flexibility index (Phi) is 6.13. The minimum absolute atomic E-state index is 0.206. The van der Waals surface area contributed by atoms with Gasteiger partial charge in [-0.05, 0) is 49.6 Å². The Hall–Kier alpha value is -4.18. The lowest BCUT2D eigenvalue weighted by atomic mass is 10.1. The van der Waals surface area contributed by atoms with Gasteiger partial charge in [0.05, 0.1) is 29.2 Å². The van der Waals surface area contributed by atoms with Gasteiger partial charge in [0.2, 0.25) is 5.95 Å². The van der Waals surface area contributed by atoms with Crippen LogP contribution in [0.5, 0.6) is 0 Å². The lowest BCUT2D eigenvalue weighted by Crippen LogP contribution is -2.30. The number of benzene rings is 2. The largest absolute Gasteiger partial charge is 0.368 e. The summed E-state index contributed by atoms with van der Waals surface area (Å²) in [5.74, 6) is 6.25. The van der Waals surface area contributed by atoms with Crippen molar-refractivity contribution in [2.75, 3.05) is 12.3 Å². The summed E-state index contributed by atoms with van der Waals surface area (Å²) in [7, 11) is 0. The van der Waals surface area contributed by atoms with Crippen molar-refractivity contribution >= 4 is 24.0 Å². The van der Waals surface area contributed by atoms with Crippen LogP contribution in [0.25, 0.3) is 0 Å². The molecule has 7 heteroatoms. The van der Waals surface area contributed by atoms with Crippen LogP contribution in [0.1, 0.15) is 56.8 Å². The summed E-state index contributed by atoms with van der Waals surface area (Å²) in [6.07, 6.45) is 5.69. The normalized spacial score (nSPS) is 12.8. The second kappa shape index (κ2) is 9.31. The number of imide groups is 1. The Morgan fingerprint density at radius 1 is 1.06 bits per heavy atom. The number of imidazole rings is 1. The maximum Gasteiger partial charge on any atom is 0.261 e. The number of hydrogen-bond acceptors (Lipinski definition) is 5. The van der Waals surface area contributed by atoms with Gasteiger partial charge in [-0.15, -0.1) is 0 Å². The summed E-state index contributed by atoms with van der Waals surface area (Å²) >= 11 is 0. The van der Waals surface area contributed by atoms with Gasteiger partial charge in [0, 0.05) is 18.5 Å². The summed E-state index contributed by atoms with van der Waals surface area (Å²) in [6.45, 7) is 2.27. The molecule has 1 aliphatic rings. The molecule has 2 amide bonds. The van der Waals surface area contributed by atoms with Crippen LogP contribution >= 0.6 is 0 Å². The lowest BCUT2D eigenvalue weighted by molar-refractivity contribution is 0.0652. The Morgan fingerprint density at radius 2 is 1.81 bits per heavy atom. The van der Waals surface area contributed by atoms with Crippen LogP contribution in [0.2, 0.25) is 0 Å². The number of hydrogen-bond donors (Lipinski definition) is 1. The molecule has 3 aromatic rings. The number of anilines is 1. The van der Waals surface area contributed by atoms with Crippen LogP contribution in [0.4, 0.5) is 5.95 Å². The van der Waals surface area contributed by atoms with Crippen molar-refractivity contribution in [3.05, 3.63) is 82.7 Å². The van der Waals surface area contributed by atoms with E-state index in [0.29, 0.717) is 30.0 Å². The highest BCUT2D eigenvalue weighted by atomic mass is 16.2. The Bertz CT molecular complexity index is 1230. The molecule has 0 fully saturated rings. The number of carbonyl (C=O) groups is 2. The van der Waals surface area contributed by atoms with E-state index >= 15 is 0 Å². The molecule has 0 spiro atoms. The third-order valence-corrected chi connectivity index (χ3v) is 5.10. The second-order valence-corrected chi connectivity index (χ2v) is 7.52. The molecule has 0 saturated heterocycles. The summed E-state index contributed by atoms with van der Waals surface area (Å²) in [5, 5.41) is 4.32. The first kappa shape index (κ1) is 21.1. The van der Waals surface area contributed by atoms with Crippen LogP contribution in [-0.2, 0) is 0 Å². The van der Waals surface area contributed by atoms with E-state index in [4.69, 9.17) is 5.73 Å². The number of aryl methyl sites for hydroxylation is 1. The van der Waals surface area contributed by atoms with E-state index in [-0.39, 0.29) is 11.8 Å². The minimum Gasteiger partial charge on any atom is -0.368 e. The van der Waals surface area contributed by atoms with E-state index in [9.17, 15) is 9.59 Å². The molecule has 0 aliphatic carbocycles. The number of rotatable bonds is 6. The van der Waals surface area contributed by atoms with Crippen molar-refractivity contribution in [2.24, 2.45) is 5.10 Å². The first-order valence-corrected chi connectivity index (χ1v) is 10.4. The van der Waals surface area contributed by atoms with Crippen LogP contribution < -0.4 is 5.73 Å². The Morgan fingerprint density at radius 3 is 2.50 bits per heavy atom. The zero-order valence-electron chi connectivity index (χ0n) is 17.8. The van der Waals surface area contributed by atoms with E-state index in [2.05, 4.69) is 21.9 Å². The predicted molar refractivity (Wildman–Crippen MR) is 123 cm³/mol. The van der Waals surface area contributed by atoms with E-state index in [0.717, 1.165) is 29.7 Å². The SMILES string of the molecule is Cc1cn(N=Cc2cccc(C#CCCCCN3C(=O)c4ccccc4C3=O)c2)c(N)n1. The van der Waals surface area contributed by atoms with Gasteiger partial charge in [0.15, 0.2) is 0 Å². The van der Waals surface area contributed by atoms with Gasteiger partial charge in [0.1, 0.15) is 0 Å². The van der Waals surface area contributed by atoms with Crippen LogP contribution in [0.3, 0.4) is 0 Å². The number of fused-ring (bicyclic) bond motifs is 1. The number of carbonyl (C=O) groups excluding carboxylic acids is 2. The molecular weight excluding hydrogens is 402 g/mol. The third-order valence-electron chi connectivity index (χ3n) is 5.10. The van der Waals surface area contributed by atoms with Crippen LogP contribution in [0, 0.1) is 18.8 Å². The summed E-state index contributed by atoms with van der Waals surface area (Å²) in [5.41, 5.74) is 9.39. The predicted octanol–water partition coefficient (Wildman–Crippen LogP) is 3.47. The van der Waals surface area contributed by atoms with Gasteiger partial charge in [-0.1, -0.05) is 36.1 Å². The fraction of sp³-hybridized carbons (Fsp3) is 0.200. The van der Waals surface area contributed by atoms with Gasteiger partial charge in [-0.2, -0.15) is 5.10 Å². The Balaban J connectivity index is 1.27. The first-order chi connectivity index (χ1) is 15.5. The summed E-state index contributed by atoms with van der Waals surface area (Å²) in [6, 6.07) is 14.7. The molecule has 4 rings (SSSR count). The number of unbranched alkanes of at least 4 members (excludes halogenated alkanes) is 2. The fourth-order valence-electron chi connectivity index (χ4n) is 3.51. The summed E-state index contributed by atoms with van der Waals surface area (Å²) in [4.78, 5) is 30.2. The van der Waals surface area contributed by atoms with Crippen LogP contribution in [-0.4, -0.2) is 39.1 Å². The van der Waals surface area contributed by atoms with Crippen molar-refractivity contribution in [2.45, 2.75) is 26.2 Å². The molecule has 160 valence electrons. The number of amides is 2. The molecule has 0 unspecified atom stereocenters. The zero-order valence-corrected chi connectivity index (χ0v) is 17.8. The highest BCUT2D eigenvalue weighted by molar-refractivity contribution is 6.21. The van der Waals surface area contributed by atoms with E-state index in [1.807, 2.05) is 31.2 Å². The van der Waals surface area contributed by atoms with Crippen molar-refractivity contribution in [1.29, 1.82) is 0 Å². The molecule has 0 bridgehead atoms. The molecule has 32 heavy (non-hydrogen) atoms. The molecule has 0 radical (unpaired) electrons. The monoisotopic (exact) mass is 425 g/mol. The number of nitrogen functional groups attached to an aromatic ring is 1. The molecule has 0 atom stereocenters. The molecule has 1 aromatic heterocycles. The van der Waals surface area contributed by atoms with E-state index in [1.165, 1.54) is 9.58 Å². The van der Waals surface area contributed by atoms with Crippen molar-refractivity contribution < 1.29 is 9.59 Å². The molecule has 2 aromatic carbocycles. The number of nitrogens with zero attached hydrogens (tertiary/aromatic N) is 4. The molecule has 2 N–H and O–H groups in total. The molecule has 0 saturated carbocycles. The highest BCUT2D eigenvalue weighted by Gasteiger charge is 2.34. The molecule has 2 heterocycles. The zero-order chi connectivity index (χ0) is 22.5. The van der Waals surface area contributed by atoms with Gasteiger partial charge in [0.25, 0.3) is 11.8 Å². The average Bonchev–Trinajstić information content (AvgIpc) is 3.25. The standard InChI is InChI=1S/C25H23N5O2/c1-18-17-30(25(26)28-18)27-16-20-11-8-10-19(15-20)9-4-2-3-7-14-29-23(31)21-12-5-6-13-22(21)24(29)32/h5-6,8,10-13,15-17H,2-3,7,14H2,1H3,(H2,26,28). The van der Waals surface area contributed by atoms with Gasteiger partial charge >= 0.3 is 0 Å². The molecular formula is C25H23N5O2. The number of aromatic nitrogens is 2. The molecule has 7 nitrogen and oxygen atoms in total. The average molecular weight is 425 g/mol. The third kappa shape index (κ3) is 4.60. The Labute approximate surface area is 186 Å². The maximum atomic E-state index is 12.4. The molecule has 1 aliphatic heterocycles. The number of nitrogens with two attached hydrogens (primary N) is 1.